The van der Waals surface area contributed by atoms with Crippen molar-refractivity contribution in [2.45, 2.75) is 24.5 Å². The minimum atomic E-state index is -1.47. The van der Waals surface area contributed by atoms with Gasteiger partial charge in [-0.15, -0.1) is 0 Å². The molecule has 1 aromatic rings. The zero-order valence-electron chi connectivity index (χ0n) is 8.58. The Balaban J connectivity index is 2.28. The van der Waals surface area contributed by atoms with Crippen LogP contribution in [0.5, 0.6) is 0 Å². The molecule has 1 aromatic heterocycles. The summed E-state index contributed by atoms with van der Waals surface area (Å²) in [6.07, 6.45) is -2.80. The van der Waals surface area contributed by atoms with Gasteiger partial charge in [0.25, 0.3) is 0 Å². The Bertz CT molecular complexity index is 421. The summed E-state index contributed by atoms with van der Waals surface area (Å²) >= 11 is 0. The van der Waals surface area contributed by atoms with Gasteiger partial charge in [0.1, 0.15) is 30.7 Å². The minimum Gasteiger partial charge on any atom is -0.390 e. The largest absolute Gasteiger partial charge is 0.436 e. The quantitative estimate of drug-likeness (QED) is 0.422. The highest BCUT2D eigenvalue weighted by atomic mass is 16.6. The molecule has 3 N–H and O–H groups in total. The van der Waals surface area contributed by atoms with Crippen molar-refractivity contribution in [2.75, 3.05) is 6.61 Å². The molecule has 1 fully saturated rings. The van der Waals surface area contributed by atoms with E-state index in [1.54, 1.807) is 0 Å². The van der Waals surface area contributed by atoms with Crippen LogP contribution in [0.3, 0.4) is 0 Å². The van der Waals surface area contributed by atoms with Crippen LogP contribution in [-0.4, -0.2) is 54.7 Å². The Morgan fingerprint density at radius 2 is 2.18 bits per heavy atom. The third-order valence-corrected chi connectivity index (χ3v) is 2.56. The Morgan fingerprint density at radius 1 is 1.47 bits per heavy atom. The van der Waals surface area contributed by atoms with Crippen molar-refractivity contribution in [3.05, 3.63) is 22.5 Å². The van der Waals surface area contributed by atoms with E-state index in [2.05, 4.69) is 4.98 Å². The van der Waals surface area contributed by atoms with Crippen molar-refractivity contribution in [2.24, 2.45) is 0 Å². The number of nitrogens with zero attached hydrogens (tertiary/aromatic N) is 3. The van der Waals surface area contributed by atoms with Crippen molar-refractivity contribution in [1.82, 2.24) is 9.55 Å². The molecule has 2 rings (SSSR count). The van der Waals surface area contributed by atoms with E-state index >= 15 is 0 Å². The number of aromatic nitrogens is 2. The topological polar surface area (TPSA) is 131 Å². The monoisotopic (exact) mass is 245 g/mol. The second kappa shape index (κ2) is 4.37. The van der Waals surface area contributed by atoms with Gasteiger partial charge in [0.05, 0.1) is 6.61 Å². The fraction of sp³-hybridized carbons (Fsp3) is 0.625. The van der Waals surface area contributed by atoms with Gasteiger partial charge in [0.15, 0.2) is 0 Å². The Hall–Kier alpha value is -1.55. The maximum absolute atomic E-state index is 10.7. The second-order valence-electron chi connectivity index (χ2n) is 3.66. The highest BCUT2D eigenvalue weighted by Gasteiger charge is 2.42. The first-order valence-electron chi connectivity index (χ1n) is 4.85. The summed E-state index contributed by atoms with van der Waals surface area (Å²) in [5.41, 5.74) is 0. The smallest absolute Gasteiger partial charge is 0.390 e. The molecule has 17 heavy (non-hydrogen) atoms. The van der Waals surface area contributed by atoms with Crippen LogP contribution in [-0.2, 0) is 4.74 Å². The fourth-order valence-electron chi connectivity index (χ4n) is 1.68. The van der Waals surface area contributed by atoms with Crippen LogP contribution in [0, 0.1) is 10.1 Å². The number of hydrogen-bond donors (Lipinski definition) is 3. The average Bonchev–Trinajstić information content (AvgIpc) is 2.75. The summed E-state index contributed by atoms with van der Waals surface area (Å²) in [4.78, 5) is 13.4. The molecule has 0 aliphatic carbocycles. The van der Waals surface area contributed by atoms with Crippen LogP contribution in [0.4, 0.5) is 5.95 Å². The van der Waals surface area contributed by atoms with Gasteiger partial charge in [-0.2, -0.15) is 4.57 Å². The van der Waals surface area contributed by atoms with Gasteiger partial charge >= 0.3 is 5.95 Å². The molecule has 0 saturated carbocycles. The van der Waals surface area contributed by atoms with Gasteiger partial charge in [-0.1, -0.05) is 4.98 Å². The Morgan fingerprint density at radius 3 is 2.82 bits per heavy atom. The number of imidazole rings is 1. The van der Waals surface area contributed by atoms with E-state index in [-0.39, 0.29) is 6.61 Å². The predicted molar refractivity (Wildman–Crippen MR) is 51.9 cm³/mol. The van der Waals surface area contributed by atoms with E-state index in [1.165, 1.54) is 12.4 Å². The molecule has 94 valence electrons. The maximum Gasteiger partial charge on any atom is 0.436 e. The van der Waals surface area contributed by atoms with Gasteiger partial charge in [-0.3, -0.25) is 0 Å². The number of ether oxygens (including phenoxy) is 1. The zero-order valence-corrected chi connectivity index (χ0v) is 8.58. The maximum atomic E-state index is 10.7. The minimum absolute atomic E-state index is 0.224. The first-order chi connectivity index (χ1) is 8.02. The third-order valence-electron chi connectivity index (χ3n) is 2.56. The zero-order chi connectivity index (χ0) is 12.6. The molecule has 0 bridgehead atoms. The molecular weight excluding hydrogens is 234 g/mol. The fourth-order valence-corrected chi connectivity index (χ4v) is 1.68. The van der Waals surface area contributed by atoms with Gasteiger partial charge in [0.2, 0.25) is 6.23 Å². The third kappa shape index (κ3) is 2.00. The number of nitro groups is 1. The molecule has 0 aromatic carbocycles. The Kier molecular flexibility index (Phi) is 3.07. The van der Waals surface area contributed by atoms with E-state index in [4.69, 9.17) is 4.74 Å². The van der Waals surface area contributed by atoms with Gasteiger partial charge in [-0.25, -0.2) is 0 Å². The summed E-state index contributed by atoms with van der Waals surface area (Å²) in [7, 11) is 0. The normalized spacial score (nSPS) is 33.6. The van der Waals surface area contributed by atoms with Gasteiger partial charge < -0.3 is 30.2 Å². The van der Waals surface area contributed by atoms with E-state index in [9.17, 15) is 25.4 Å². The molecule has 1 aliphatic heterocycles. The van der Waals surface area contributed by atoms with Crippen LogP contribution in [0.1, 0.15) is 6.23 Å². The summed E-state index contributed by atoms with van der Waals surface area (Å²) < 4.78 is 6.07. The first kappa shape index (κ1) is 11.9. The van der Waals surface area contributed by atoms with Crippen LogP contribution in [0.2, 0.25) is 0 Å². The van der Waals surface area contributed by atoms with E-state index in [0.29, 0.717) is 0 Å². The standard InChI is InChI=1S/C8H11N3O6/c12-4-3-17-7(6(14)5(4)13)10-2-1-9-8(10)11(15)16/h1-2,4-7,12-14H,3H2/t4-,5-,6-,7-/m1/s1. The lowest BCUT2D eigenvalue weighted by atomic mass is 10.0. The highest BCUT2D eigenvalue weighted by Crippen LogP contribution is 2.27. The molecule has 9 nitrogen and oxygen atoms in total. The van der Waals surface area contributed by atoms with E-state index in [0.717, 1.165) is 4.57 Å². The van der Waals surface area contributed by atoms with E-state index in [1.807, 2.05) is 0 Å². The lowest BCUT2D eigenvalue weighted by Crippen LogP contribution is -2.50. The number of aliphatic hydroxyl groups excluding tert-OH is 3. The molecule has 2 heterocycles. The van der Waals surface area contributed by atoms with Crippen LogP contribution >= 0.6 is 0 Å². The summed E-state index contributed by atoms with van der Waals surface area (Å²) in [6.45, 7) is -0.224. The lowest BCUT2D eigenvalue weighted by molar-refractivity contribution is -0.400. The van der Waals surface area contributed by atoms with Crippen LogP contribution in [0.15, 0.2) is 12.4 Å². The van der Waals surface area contributed by atoms with Gasteiger partial charge in [-0.05, 0) is 4.92 Å². The van der Waals surface area contributed by atoms with E-state index < -0.39 is 35.4 Å². The average molecular weight is 245 g/mol. The van der Waals surface area contributed by atoms with Crippen LogP contribution in [0.25, 0.3) is 0 Å². The second-order valence-corrected chi connectivity index (χ2v) is 3.66. The number of aliphatic hydroxyl groups is 3. The first-order valence-corrected chi connectivity index (χ1v) is 4.85. The lowest BCUT2D eigenvalue weighted by Gasteiger charge is -2.33. The Labute approximate surface area is 95.0 Å². The molecule has 0 radical (unpaired) electrons. The van der Waals surface area contributed by atoms with Gasteiger partial charge in [0, 0.05) is 0 Å². The molecule has 0 amide bonds. The van der Waals surface area contributed by atoms with Crippen molar-refractivity contribution in [3.8, 4) is 0 Å². The SMILES string of the molecule is O=[N+]([O-])c1nccn1[C@@H]1OC[C@@H](O)[C@@H](O)[C@H]1O. The predicted octanol–water partition coefficient (Wildman–Crippen LogP) is -1.60. The molecule has 1 saturated heterocycles. The molecule has 0 spiro atoms. The highest BCUT2D eigenvalue weighted by molar-refractivity contribution is 5.09. The molecular formula is C8H11N3O6. The summed E-state index contributed by atoms with van der Waals surface area (Å²) in [5.74, 6) is -0.502. The summed E-state index contributed by atoms with van der Waals surface area (Å²) in [5, 5.41) is 39.0. The van der Waals surface area contributed by atoms with Crippen LogP contribution < -0.4 is 0 Å². The molecule has 1 aliphatic rings. The number of hydrogen-bond acceptors (Lipinski definition) is 7. The van der Waals surface area contributed by atoms with Crippen molar-refractivity contribution < 1.29 is 25.0 Å². The van der Waals surface area contributed by atoms with Crippen molar-refractivity contribution >= 4 is 5.95 Å². The van der Waals surface area contributed by atoms with Crippen molar-refractivity contribution in [3.63, 3.8) is 0 Å². The molecule has 4 atom stereocenters. The summed E-state index contributed by atoms with van der Waals surface area (Å²) in [6, 6.07) is 0. The molecule has 0 unspecified atom stereocenters. The van der Waals surface area contributed by atoms with Crippen molar-refractivity contribution in [1.29, 1.82) is 0 Å². The number of rotatable bonds is 2. The molecule has 9 heteroatoms.